The van der Waals surface area contributed by atoms with Crippen molar-refractivity contribution in [3.63, 3.8) is 0 Å². The Bertz CT molecular complexity index is 303. The first kappa shape index (κ1) is 32.0. The van der Waals surface area contributed by atoms with Gasteiger partial charge >= 0.3 is 0 Å². The number of nitrogens with zero attached hydrogens (tertiary/aromatic N) is 1. The Morgan fingerprint density at radius 2 is 1.00 bits per heavy atom. The topological polar surface area (TPSA) is 49.7 Å². The Morgan fingerprint density at radius 1 is 0.633 bits per heavy atom. The molecule has 1 N–H and O–H groups in total. The lowest BCUT2D eigenvalue weighted by Crippen LogP contribution is -2.01. The van der Waals surface area contributed by atoms with Gasteiger partial charge in [0.05, 0.1) is 0 Å². The first-order valence-electron chi connectivity index (χ1n) is 13.4. The van der Waals surface area contributed by atoms with Crippen LogP contribution >= 0.6 is 8.58 Å². The molecule has 0 saturated carbocycles. The highest BCUT2D eigenvalue weighted by molar-refractivity contribution is 7.37. The lowest BCUT2D eigenvalue weighted by atomic mass is 10.0. The van der Waals surface area contributed by atoms with E-state index >= 15 is 0 Å². The van der Waals surface area contributed by atoms with Crippen molar-refractivity contribution < 1.29 is 5.21 Å². The molecule has 2 unspecified atom stereocenters. The molecular formula is C26H56NO2P. The van der Waals surface area contributed by atoms with Gasteiger partial charge < -0.3 is 5.21 Å². The lowest BCUT2D eigenvalue weighted by molar-refractivity contribution is 0.312. The first-order valence-corrected chi connectivity index (χ1v) is 14.8. The number of hydrogen-bond acceptors (Lipinski definition) is 2. The van der Waals surface area contributed by atoms with E-state index in [0.29, 0.717) is 0 Å². The maximum atomic E-state index is 8.11. The minimum atomic E-state index is 1.03. The molecule has 3 nitrogen and oxygen atoms in total. The minimum absolute atomic E-state index is 1.03. The molecule has 0 aromatic rings. The average Bonchev–Trinajstić information content (AvgIpc) is 2.75. The third kappa shape index (κ3) is 30.0. The summed E-state index contributed by atoms with van der Waals surface area (Å²) in [6.45, 7) is 7.02. The summed E-state index contributed by atoms with van der Waals surface area (Å²) in [4.78, 5) is 8.11. The molecule has 0 aliphatic heterocycles. The predicted molar refractivity (Wildman–Crippen MR) is 138 cm³/mol. The van der Waals surface area contributed by atoms with Crippen LogP contribution in [0.1, 0.15) is 149 Å². The molecule has 0 radical (unpaired) electrons. The van der Waals surface area contributed by atoms with Gasteiger partial charge in [-0.15, -0.1) is 13.5 Å². The third-order valence-electron chi connectivity index (χ3n) is 6.18. The molecule has 0 aromatic carbocycles. The van der Waals surface area contributed by atoms with Crippen LogP contribution in [0.4, 0.5) is 0 Å². The molecule has 0 saturated heterocycles. The molecule has 0 heterocycles. The van der Waals surface area contributed by atoms with Gasteiger partial charge in [0, 0.05) is 0 Å². The molecule has 0 aliphatic carbocycles. The lowest BCUT2D eigenvalue weighted by Gasteiger charge is -2.13. The molecular weight excluding hydrogens is 389 g/mol. The Morgan fingerprint density at radius 3 is 1.37 bits per heavy atom. The van der Waals surface area contributed by atoms with Gasteiger partial charge in [0.2, 0.25) is 0 Å². The highest BCUT2D eigenvalue weighted by Crippen LogP contribution is 2.24. The molecule has 0 aromatic heterocycles. The molecule has 2 atom stereocenters. The second-order valence-corrected chi connectivity index (χ2v) is 10.4. The highest BCUT2D eigenvalue weighted by atomic mass is 31.1. The van der Waals surface area contributed by atoms with Gasteiger partial charge in [-0.25, -0.2) is 0 Å². The van der Waals surface area contributed by atoms with E-state index in [1.807, 2.05) is 0 Å². The summed E-state index contributed by atoms with van der Waals surface area (Å²) in [5, 5.41) is 7.89. The van der Waals surface area contributed by atoms with Crippen LogP contribution in [0.3, 0.4) is 0 Å². The van der Waals surface area contributed by atoms with Crippen LogP contribution in [0.15, 0.2) is 5.34 Å². The summed E-state index contributed by atoms with van der Waals surface area (Å²) in [5.74, 6) is 1.03. The van der Waals surface area contributed by atoms with Crippen molar-refractivity contribution >= 4 is 8.58 Å². The van der Waals surface area contributed by atoms with Gasteiger partial charge in [-0.05, 0) is 24.7 Å². The van der Waals surface area contributed by atoms with Crippen molar-refractivity contribution in [3.8, 4) is 0 Å². The van der Waals surface area contributed by atoms with Crippen molar-refractivity contribution in [2.45, 2.75) is 149 Å². The number of rotatable bonds is 23. The van der Waals surface area contributed by atoms with Crippen LogP contribution in [-0.2, 0) is 0 Å². The smallest absolute Gasteiger partial charge is 0.152 e. The summed E-state index contributed by atoms with van der Waals surface area (Å²) < 4.78 is 0. The Labute approximate surface area is 191 Å². The van der Waals surface area contributed by atoms with Crippen molar-refractivity contribution in [1.82, 2.24) is 0 Å². The molecule has 0 bridgehead atoms. The monoisotopic (exact) mass is 445 g/mol. The van der Waals surface area contributed by atoms with E-state index in [2.05, 4.69) is 20.8 Å². The molecule has 0 spiro atoms. The number of hydrogen-bond donors (Lipinski definition) is 1. The Kier molecular flexibility index (Phi) is 33.1. The fourth-order valence-corrected chi connectivity index (χ4v) is 5.65. The molecule has 4 heteroatoms. The van der Waals surface area contributed by atoms with Crippen molar-refractivity contribution in [2.24, 2.45) is 11.3 Å². The normalized spacial score (nSPS) is 12.1. The third-order valence-corrected chi connectivity index (χ3v) is 7.76. The Balaban J connectivity index is 0. The average molecular weight is 446 g/mol. The van der Waals surface area contributed by atoms with Crippen LogP contribution < -0.4 is 0 Å². The van der Waals surface area contributed by atoms with E-state index in [4.69, 9.17) is 10.1 Å². The van der Waals surface area contributed by atoms with Gasteiger partial charge in [0.15, 0.2) is 5.34 Å². The SMILES string of the molecule is CCCCCCCCCCCCCCCCCCPCC(CC)CCCC.O=NO. The second kappa shape index (κ2) is 31.0. The highest BCUT2D eigenvalue weighted by Gasteiger charge is 2.04. The summed E-state index contributed by atoms with van der Waals surface area (Å²) in [5.41, 5.74) is 0. The molecule has 0 fully saturated rings. The second-order valence-electron chi connectivity index (χ2n) is 9.01. The molecule has 0 aliphatic rings. The van der Waals surface area contributed by atoms with Gasteiger partial charge in [-0.1, -0.05) is 143 Å². The first-order chi connectivity index (χ1) is 14.8. The van der Waals surface area contributed by atoms with Crippen LogP contribution in [0.2, 0.25) is 0 Å². The van der Waals surface area contributed by atoms with Crippen LogP contribution in [-0.4, -0.2) is 17.5 Å². The molecule has 30 heavy (non-hydrogen) atoms. The van der Waals surface area contributed by atoms with Crippen LogP contribution in [0.25, 0.3) is 0 Å². The largest absolute Gasteiger partial charge is 0.379 e. The fraction of sp³-hybridized carbons (Fsp3) is 1.00. The molecule has 0 rings (SSSR count). The maximum absolute atomic E-state index is 8.11. The zero-order valence-corrected chi connectivity index (χ0v) is 21.9. The van der Waals surface area contributed by atoms with Crippen molar-refractivity contribution in [1.29, 1.82) is 0 Å². The zero-order chi connectivity index (χ0) is 22.5. The summed E-state index contributed by atoms with van der Waals surface area (Å²) in [6, 6.07) is 0. The summed E-state index contributed by atoms with van der Waals surface area (Å²) in [6.07, 6.45) is 32.4. The zero-order valence-electron chi connectivity index (χ0n) is 20.9. The maximum Gasteiger partial charge on any atom is 0.152 e. The van der Waals surface area contributed by atoms with Crippen molar-refractivity contribution in [3.05, 3.63) is 4.91 Å². The van der Waals surface area contributed by atoms with E-state index in [1.165, 1.54) is 155 Å². The van der Waals surface area contributed by atoms with E-state index in [0.717, 1.165) is 5.92 Å². The van der Waals surface area contributed by atoms with E-state index < -0.39 is 0 Å². The molecule has 182 valence electrons. The van der Waals surface area contributed by atoms with Crippen LogP contribution in [0.5, 0.6) is 0 Å². The summed E-state index contributed by atoms with van der Waals surface area (Å²) >= 11 is 0. The van der Waals surface area contributed by atoms with Gasteiger partial charge in [-0.2, -0.15) is 0 Å². The van der Waals surface area contributed by atoms with Gasteiger partial charge in [0.1, 0.15) is 0 Å². The quantitative estimate of drug-likeness (QED) is 0.0735. The van der Waals surface area contributed by atoms with Crippen LogP contribution in [0, 0.1) is 10.8 Å². The predicted octanol–water partition coefficient (Wildman–Crippen LogP) is 10.3. The van der Waals surface area contributed by atoms with E-state index in [9.17, 15) is 0 Å². The van der Waals surface area contributed by atoms with Gasteiger partial charge in [0.25, 0.3) is 0 Å². The van der Waals surface area contributed by atoms with Gasteiger partial charge in [-0.3, -0.25) is 0 Å². The standard InChI is InChI=1S/C26H55P.HNO2/c1-4-7-9-10-11-12-13-14-15-16-17-18-19-20-21-22-24-27-25-26(6-3)23-8-5-2;2-1-3/h26-27H,4-25H2,1-3H3;(H,2,3). The van der Waals surface area contributed by atoms with E-state index in [-0.39, 0.29) is 0 Å². The van der Waals surface area contributed by atoms with E-state index in [1.54, 1.807) is 0 Å². The number of unbranched alkanes of at least 4 members (excludes halogenated alkanes) is 16. The fourth-order valence-electron chi connectivity index (χ4n) is 4.05. The minimum Gasteiger partial charge on any atom is -0.379 e. The van der Waals surface area contributed by atoms with Crippen molar-refractivity contribution in [2.75, 3.05) is 12.3 Å². The molecule has 0 amide bonds. The summed E-state index contributed by atoms with van der Waals surface area (Å²) in [7, 11) is 1.24. The Hall–Kier alpha value is -0.170.